The zero-order chi connectivity index (χ0) is 11.8. The van der Waals surface area contributed by atoms with Gasteiger partial charge < -0.3 is 4.98 Å². The average molecular weight is 265 g/mol. The standard InChI is InChI=1S/C12H15N3S2/c1-8-4-5-13-11-10(8)14-12(16)15(11)9-3-2-6-17-7-9/h4-5,9H,2-3,6-7H2,1H3,(H,14,16). The van der Waals surface area contributed by atoms with Gasteiger partial charge >= 0.3 is 0 Å². The first-order chi connectivity index (χ1) is 8.27. The zero-order valence-electron chi connectivity index (χ0n) is 9.77. The Balaban J connectivity index is 2.18. The van der Waals surface area contributed by atoms with Gasteiger partial charge in [0.15, 0.2) is 10.4 Å². The molecule has 1 aliphatic rings. The monoisotopic (exact) mass is 265 g/mol. The third kappa shape index (κ3) is 1.91. The van der Waals surface area contributed by atoms with Crippen LogP contribution in [0.2, 0.25) is 0 Å². The Hall–Kier alpha value is -0.810. The first kappa shape index (κ1) is 11.3. The second-order valence-corrected chi connectivity index (χ2v) is 6.03. The maximum absolute atomic E-state index is 5.45. The molecule has 0 aromatic carbocycles. The number of hydrogen-bond donors (Lipinski definition) is 1. The SMILES string of the molecule is Cc1ccnc2c1[nH]c(=S)n2C1CCCSC1. The first-order valence-corrected chi connectivity index (χ1v) is 7.47. The first-order valence-electron chi connectivity index (χ1n) is 5.91. The summed E-state index contributed by atoms with van der Waals surface area (Å²) in [6, 6.07) is 2.53. The molecule has 1 unspecified atom stereocenters. The Morgan fingerprint density at radius 3 is 3.24 bits per heavy atom. The van der Waals surface area contributed by atoms with Crippen LogP contribution in [0.3, 0.4) is 0 Å². The Bertz CT molecular complexity index is 593. The molecule has 0 saturated carbocycles. The molecule has 0 spiro atoms. The summed E-state index contributed by atoms with van der Waals surface area (Å²) in [5.41, 5.74) is 3.32. The molecule has 2 aromatic heterocycles. The van der Waals surface area contributed by atoms with Crippen molar-refractivity contribution in [3.8, 4) is 0 Å². The Kier molecular flexibility index (Phi) is 2.96. The van der Waals surface area contributed by atoms with Crippen LogP contribution in [0, 0.1) is 11.7 Å². The number of nitrogens with zero attached hydrogens (tertiary/aromatic N) is 2. The van der Waals surface area contributed by atoms with E-state index in [-0.39, 0.29) is 0 Å². The fourth-order valence-electron chi connectivity index (χ4n) is 2.41. The number of H-pyrrole nitrogens is 1. The fraction of sp³-hybridized carbons (Fsp3) is 0.500. The molecule has 5 heteroatoms. The van der Waals surface area contributed by atoms with E-state index >= 15 is 0 Å². The van der Waals surface area contributed by atoms with Gasteiger partial charge in [0.1, 0.15) is 0 Å². The largest absolute Gasteiger partial charge is 0.329 e. The molecule has 2 aromatic rings. The van der Waals surface area contributed by atoms with Crippen LogP contribution in [-0.4, -0.2) is 26.0 Å². The second-order valence-electron chi connectivity index (χ2n) is 4.50. The lowest BCUT2D eigenvalue weighted by molar-refractivity contribution is 0.504. The predicted octanol–water partition coefficient (Wildman–Crippen LogP) is 3.47. The summed E-state index contributed by atoms with van der Waals surface area (Å²) in [5.74, 6) is 2.43. The maximum Gasteiger partial charge on any atom is 0.179 e. The molecule has 0 radical (unpaired) electrons. The van der Waals surface area contributed by atoms with Crippen LogP contribution in [0.25, 0.3) is 11.2 Å². The van der Waals surface area contributed by atoms with Crippen molar-refractivity contribution < 1.29 is 0 Å². The highest BCUT2D eigenvalue weighted by Gasteiger charge is 2.19. The molecule has 1 atom stereocenters. The molecule has 1 saturated heterocycles. The molecule has 3 rings (SSSR count). The highest BCUT2D eigenvalue weighted by Crippen LogP contribution is 2.30. The Labute approximate surface area is 110 Å². The minimum Gasteiger partial charge on any atom is -0.329 e. The van der Waals surface area contributed by atoms with Crippen LogP contribution in [0.1, 0.15) is 24.4 Å². The fourth-order valence-corrected chi connectivity index (χ4v) is 3.87. The molecule has 3 heterocycles. The van der Waals surface area contributed by atoms with E-state index in [1.165, 1.54) is 24.2 Å². The van der Waals surface area contributed by atoms with E-state index in [2.05, 4.69) is 21.5 Å². The molecular formula is C12H15N3S2. The predicted molar refractivity (Wildman–Crippen MR) is 75.3 cm³/mol. The van der Waals surface area contributed by atoms with Crippen molar-refractivity contribution in [2.24, 2.45) is 0 Å². The molecule has 90 valence electrons. The Morgan fingerprint density at radius 1 is 1.59 bits per heavy atom. The van der Waals surface area contributed by atoms with Crippen molar-refractivity contribution in [3.05, 3.63) is 22.6 Å². The van der Waals surface area contributed by atoms with Gasteiger partial charge in [-0.05, 0) is 49.4 Å². The molecule has 0 aliphatic carbocycles. The highest BCUT2D eigenvalue weighted by molar-refractivity contribution is 7.99. The van der Waals surface area contributed by atoms with Crippen LogP contribution < -0.4 is 0 Å². The smallest absolute Gasteiger partial charge is 0.179 e. The summed E-state index contributed by atoms with van der Waals surface area (Å²) in [6.45, 7) is 2.09. The number of aryl methyl sites for hydroxylation is 1. The lowest BCUT2D eigenvalue weighted by atomic mass is 10.2. The minimum atomic E-state index is 0.504. The van der Waals surface area contributed by atoms with E-state index in [4.69, 9.17) is 12.2 Å². The van der Waals surface area contributed by atoms with Crippen molar-refractivity contribution >= 4 is 35.1 Å². The van der Waals surface area contributed by atoms with Gasteiger partial charge in [-0.1, -0.05) is 0 Å². The molecule has 1 fully saturated rings. The molecule has 0 amide bonds. The molecular weight excluding hydrogens is 250 g/mol. The molecule has 3 nitrogen and oxygen atoms in total. The van der Waals surface area contributed by atoms with Crippen molar-refractivity contribution in [2.75, 3.05) is 11.5 Å². The van der Waals surface area contributed by atoms with Crippen LogP contribution in [0.15, 0.2) is 12.3 Å². The van der Waals surface area contributed by atoms with Gasteiger partial charge in [0.25, 0.3) is 0 Å². The summed E-state index contributed by atoms with van der Waals surface area (Å²) < 4.78 is 3.03. The van der Waals surface area contributed by atoms with Crippen LogP contribution in [-0.2, 0) is 0 Å². The zero-order valence-corrected chi connectivity index (χ0v) is 11.4. The number of nitrogens with one attached hydrogen (secondary N) is 1. The van der Waals surface area contributed by atoms with Gasteiger partial charge in [0.2, 0.25) is 0 Å². The number of pyridine rings is 1. The summed E-state index contributed by atoms with van der Waals surface area (Å²) >= 11 is 7.47. The molecule has 17 heavy (non-hydrogen) atoms. The molecule has 1 aliphatic heterocycles. The number of fused-ring (bicyclic) bond motifs is 1. The van der Waals surface area contributed by atoms with Crippen molar-refractivity contribution in [3.63, 3.8) is 0 Å². The molecule has 0 bridgehead atoms. The van der Waals surface area contributed by atoms with Crippen LogP contribution in [0.4, 0.5) is 0 Å². The number of hydrogen-bond acceptors (Lipinski definition) is 3. The second kappa shape index (κ2) is 4.46. The van der Waals surface area contributed by atoms with E-state index in [1.807, 2.05) is 24.0 Å². The van der Waals surface area contributed by atoms with Crippen molar-refractivity contribution in [1.82, 2.24) is 14.5 Å². The summed E-state index contributed by atoms with van der Waals surface area (Å²) in [7, 11) is 0. The average Bonchev–Trinajstić information content (AvgIpc) is 2.68. The topological polar surface area (TPSA) is 33.6 Å². The summed E-state index contributed by atoms with van der Waals surface area (Å²) in [4.78, 5) is 7.79. The van der Waals surface area contributed by atoms with E-state index in [1.54, 1.807) is 0 Å². The van der Waals surface area contributed by atoms with Gasteiger partial charge in [0.05, 0.1) is 5.52 Å². The van der Waals surface area contributed by atoms with Gasteiger partial charge in [-0.25, -0.2) is 4.98 Å². The van der Waals surface area contributed by atoms with E-state index < -0.39 is 0 Å². The van der Waals surface area contributed by atoms with Crippen LogP contribution in [0.5, 0.6) is 0 Å². The van der Waals surface area contributed by atoms with E-state index in [0.717, 1.165) is 21.7 Å². The van der Waals surface area contributed by atoms with E-state index in [0.29, 0.717) is 6.04 Å². The maximum atomic E-state index is 5.45. The van der Waals surface area contributed by atoms with Crippen molar-refractivity contribution in [1.29, 1.82) is 0 Å². The molecule has 1 N–H and O–H groups in total. The quantitative estimate of drug-likeness (QED) is 0.802. The van der Waals surface area contributed by atoms with Gasteiger partial charge in [-0.15, -0.1) is 0 Å². The number of thioether (sulfide) groups is 1. The van der Waals surface area contributed by atoms with Gasteiger partial charge in [-0.3, -0.25) is 4.57 Å². The minimum absolute atomic E-state index is 0.504. The van der Waals surface area contributed by atoms with Crippen molar-refractivity contribution in [2.45, 2.75) is 25.8 Å². The lowest BCUT2D eigenvalue weighted by Crippen LogP contribution is -2.16. The number of aromatic nitrogens is 3. The highest BCUT2D eigenvalue weighted by atomic mass is 32.2. The lowest BCUT2D eigenvalue weighted by Gasteiger charge is -2.22. The van der Waals surface area contributed by atoms with Crippen LogP contribution >= 0.6 is 24.0 Å². The third-order valence-electron chi connectivity index (χ3n) is 3.32. The third-order valence-corrected chi connectivity index (χ3v) is 4.82. The summed E-state index contributed by atoms with van der Waals surface area (Å²) in [6.07, 6.45) is 4.35. The van der Waals surface area contributed by atoms with E-state index in [9.17, 15) is 0 Å². The number of imidazole rings is 1. The van der Waals surface area contributed by atoms with Gasteiger partial charge in [0, 0.05) is 18.0 Å². The number of aromatic amines is 1. The summed E-state index contributed by atoms with van der Waals surface area (Å²) in [5, 5.41) is 0. The van der Waals surface area contributed by atoms with Gasteiger partial charge in [-0.2, -0.15) is 11.8 Å². The normalized spacial score (nSPS) is 20.9. The number of rotatable bonds is 1. The Morgan fingerprint density at radius 2 is 2.47 bits per heavy atom.